The quantitative estimate of drug-likeness (QED) is 0.600. The van der Waals surface area contributed by atoms with Gasteiger partial charge in [-0.1, -0.05) is 39.5 Å². The summed E-state index contributed by atoms with van der Waals surface area (Å²) >= 11 is 0. The lowest BCUT2D eigenvalue weighted by Crippen LogP contribution is -2.54. The molecular weight excluding hydrogens is 304 g/mol. The van der Waals surface area contributed by atoms with E-state index in [1.165, 1.54) is 57.8 Å². The van der Waals surface area contributed by atoms with Gasteiger partial charge in [0.05, 0.1) is 6.10 Å². The Morgan fingerprint density at radius 2 is 1.40 bits per heavy atom. The summed E-state index contributed by atoms with van der Waals surface area (Å²) in [6.07, 6.45) is 18.8. The van der Waals surface area contributed by atoms with Crippen LogP contribution >= 0.6 is 0 Å². The minimum atomic E-state index is -0.0120. The van der Waals surface area contributed by atoms with Crippen molar-refractivity contribution >= 4 is 0 Å². The van der Waals surface area contributed by atoms with Gasteiger partial charge in [0.2, 0.25) is 0 Å². The van der Waals surface area contributed by atoms with Gasteiger partial charge in [0, 0.05) is 0 Å². The van der Waals surface area contributed by atoms with Crippen molar-refractivity contribution in [3.63, 3.8) is 0 Å². The molecule has 5 rings (SSSR count). The third-order valence-corrected chi connectivity index (χ3v) is 10.7. The lowest BCUT2D eigenvalue weighted by molar-refractivity contribution is -0.129. The molecule has 0 aromatic rings. The minimum absolute atomic E-state index is 0.0120. The summed E-state index contributed by atoms with van der Waals surface area (Å²) < 4.78 is 0. The fourth-order valence-corrected chi connectivity index (χ4v) is 9.12. The van der Waals surface area contributed by atoms with Gasteiger partial charge in [-0.25, -0.2) is 0 Å². The molecule has 0 aromatic heterocycles. The highest BCUT2D eigenvalue weighted by Crippen LogP contribution is 2.67. The molecule has 0 heterocycles. The van der Waals surface area contributed by atoms with Crippen molar-refractivity contribution in [2.24, 2.45) is 46.3 Å². The summed E-state index contributed by atoms with van der Waals surface area (Å²) in [5.74, 6) is 5.90. The van der Waals surface area contributed by atoms with Gasteiger partial charge >= 0.3 is 0 Å². The maximum Gasteiger partial charge on any atom is 0.0596 e. The first-order chi connectivity index (χ1) is 12.0. The highest BCUT2D eigenvalue weighted by atomic mass is 16.3. The molecule has 5 aliphatic carbocycles. The molecule has 5 fully saturated rings. The van der Waals surface area contributed by atoms with Gasteiger partial charge in [-0.05, 0) is 104 Å². The minimum Gasteiger partial charge on any atom is -0.393 e. The van der Waals surface area contributed by atoms with E-state index in [-0.39, 0.29) is 11.5 Å². The number of fused-ring (bicyclic) bond motifs is 5. The second kappa shape index (κ2) is 5.98. The van der Waals surface area contributed by atoms with Crippen LogP contribution in [0.2, 0.25) is 0 Å². The third-order valence-electron chi connectivity index (χ3n) is 10.7. The maximum atomic E-state index is 10.6. The van der Waals surface area contributed by atoms with E-state index < -0.39 is 0 Å². The second-order valence-electron chi connectivity index (χ2n) is 11.4. The number of hydrogen-bond acceptors (Lipinski definition) is 1. The van der Waals surface area contributed by atoms with E-state index in [0.717, 1.165) is 41.9 Å². The Bertz CT molecular complexity index is 508. The number of rotatable bonds is 1. The summed E-state index contributed by atoms with van der Waals surface area (Å²) in [6, 6.07) is 0. The van der Waals surface area contributed by atoms with Gasteiger partial charge < -0.3 is 5.11 Å². The standard InChI is InChI=1S/C24H40O/c1-23-13-11-17(16-5-3-4-6-16)15-18(23)7-8-19-20-9-10-22(25)24(20,2)14-12-21(19)23/h16-22,25H,3-15H2,1-2H3/t17-,18-,19-,20-,21-,22-,23-,24-/m0/s1. The van der Waals surface area contributed by atoms with Crippen molar-refractivity contribution < 1.29 is 5.11 Å². The predicted molar refractivity (Wildman–Crippen MR) is 103 cm³/mol. The average Bonchev–Trinajstić information content (AvgIpc) is 3.23. The molecule has 5 saturated carbocycles. The molecule has 0 aromatic carbocycles. The van der Waals surface area contributed by atoms with Gasteiger partial charge in [-0.3, -0.25) is 0 Å². The van der Waals surface area contributed by atoms with Gasteiger partial charge in [-0.15, -0.1) is 0 Å². The SMILES string of the molecule is C[C@]12CC[C@H](C3CCCC3)C[C@@H]1CC[C@@H]1[C@@H]2CC[C@]2(C)[C@@H](O)CC[C@@H]12. The van der Waals surface area contributed by atoms with E-state index in [1.54, 1.807) is 19.3 Å². The van der Waals surface area contributed by atoms with Crippen molar-refractivity contribution in [2.75, 3.05) is 0 Å². The Kier molecular flexibility index (Phi) is 4.09. The summed E-state index contributed by atoms with van der Waals surface area (Å²) in [5.41, 5.74) is 0.887. The Balaban J connectivity index is 1.35. The largest absolute Gasteiger partial charge is 0.393 e. The number of hydrogen-bond donors (Lipinski definition) is 1. The van der Waals surface area contributed by atoms with Gasteiger partial charge in [0.25, 0.3) is 0 Å². The van der Waals surface area contributed by atoms with Crippen molar-refractivity contribution in [1.82, 2.24) is 0 Å². The number of aliphatic hydroxyl groups is 1. The molecule has 25 heavy (non-hydrogen) atoms. The van der Waals surface area contributed by atoms with Crippen molar-refractivity contribution in [1.29, 1.82) is 0 Å². The Morgan fingerprint density at radius 1 is 0.680 bits per heavy atom. The topological polar surface area (TPSA) is 20.2 Å². The zero-order valence-electron chi connectivity index (χ0n) is 16.7. The van der Waals surface area contributed by atoms with Crippen LogP contribution < -0.4 is 0 Å². The first-order valence-corrected chi connectivity index (χ1v) is 11.7. The second-order valence-corrected chi connectivity index (χ2v) is 11.4. The van der Waals surface area contributed by atoms with Gasteiger partial charge in [0.1, 0.15) is 0 Å². The van der Waals surface area contributed by atoms with E-state index in [4.69, 9.17) is 0 Å². The average molecular weight is 345 g/mol. The van der Waals surface area contributed by atoms with Crippen LogP contribution in [0.4, 0.5) is 0 Å². The van der Waals surface area contributed by atoms with E-state index in [9.17, 15) is 5.11 Å². The first-order valence-electron chi connectivity index (χ1n) is 11.7. The highest BCUT2D eigenvalue weighted by molar-refractivity contribution is 5.09. The maximum absolute atomic E-state index is 10.6. The normalized spacial score (nSPS) is 56.3. The first kappa shape index (κ1) is 17.1. The molecule has 1 heteroatoms. The monoisotopic (exact) mass is 344 g/mol. The van der Waals surface area contributed by atoms with Gasteiger partial charge in [0.15, 0.2) is 0 Å². The molecule has 1 N–H and O–H groups in total. The number of aliphatic hydroxyl groups excluding tert-OH is 1. The zero-order chi connectivity index (χ0) is 17.2. The van der Waals surface area contributed by atoms with Crippen molar-refractivity contribution in [2.45, 2.75) is 103 Å². The molecule has 142 valence electrons. The fraction of sp³-hybridized carbons (Fsp3) is 1.00. The van der Waals surface area contributed by atoms with E-state index >= 15 is 0 Å². The fourth-order valence-electron chi connectivity index (χ4n) is 9.12. The molecule has 8 atom stereocenters. The molecule has 0 radical (unpaired) electrons. The Hall–Kier alpha value is -0.0400. The molecule has 1 nitrogen and oxygen atoms in total. The van der Waals surface area contributed by atoms with E-state index in [1.807, 2.05) is 0 Å². The Labute approximate surface area is 155 Å². The van der Waals surface area contributed by atoms with Crippen molar-refractivity contribution in [3.8, 4) is 0 Å². The summed E-state index contributed by atoms with van der Waals surface area (Å²) in [4.78, 5) is 0. The molecule has 0 aliphatic heterocycles. The van der Waals surface area contributed by atoms with Crippen LogP contribution in [0.15, 0.2) is 0 Å². The Morgan fingerprint density at radius 3 is 2.20 bits per heavy atom. The van der Waals surface area contributed by atoms with Crippen LogP contribution in [0.3, 0.4) is 0 Å². The summed E-state index contributed by atoms with van der Waals surface area (Å²) in [7, 11) is 0. The van der Waals surface area contributed by atoms with Crippen LogP contribution in [-0.4, -0.2) is 11.2 Å². The summed E-state index contributed by atoms with van der Waals surface area (Å²) in [6.45, 7) is 5.13. The molecule has 5 aliphatic rings. The molecular formula is C24H40O. The highest BCUT2D eigenvalue weighted by Gasteiger charge is 2.60. The molecule has 0 spiro atoms. The molecule has 0 saturated heterocycles. The van der Waals surface area contributed by atoms with E-state index in [0.29, 0.717) is 5.41 Å². The van der Waals surface area contributed by atoms with Crippen LogP contribution in [0.25, 0.3) is 0 Å². The lowest BCUT2D eigenvalue weighted by Gasteiger charge is -2.61. The van der Waals surface area contributed by atoms with Crippen LogP contribution in [0, 0.1) is 46.3 Å². The van der Waals surface area contributed by atoms with Crippen LogP contribution in [0.5, 0.6) is 0 Å². The molecule has 0 bridgehead atoms. The van der Waals surface area contributed by atoms with Crippen molar-refractivity contribution in [3.05, 3.63) is 0 Å². The van der Waals surface area contributed by atoms with Crippen LogP contribution in [-0.2, 0) is 0 Å². The van der Waals surface area contributed by atoms with E-state index in [2.05, 4.69) is 13.8 Å². The van der Waals surface area contributed by atoms with Crippen LogP contribution in [0.1, 0.15) is 97.3 Å². The smallest absolute Gasteiger partial charge is 0.0596 e. The summed E-state index contributed by atoms with van der Waals surface area (Å²) in [5, 5.41) is 10.6. The zero-order valence-corrected chi connectivity index (χ0v) is 16.7. The third kappa shape index (κ3) is 2.43. The lowest BCUT2D eigenvalue weighted by atomic mass is 9.44. The molecule has 0 unspecified atom stereocenters. The van der Waals surface area contributed by atoms with Gasteiger partial charge in [-0.2, -0.15) is 0 Å². The molecule has 0 amide bonds. The predicted octanol–water partition coefficient (Wildman–Crippen LogP) is 6.20.